The zero-order chi connectivity index (χ0) is 8.97. The third-order valence-electron chi connectivity index (χ3n) is 1.63. The average molecular weight is 161 g/mol. The van der Waals surface area contributed by atoms with Crippen LogP contribution in [0.3, 0.4) is 0 Å². The van der Waals surface area contributed by atoms with Gasteiger partial charge in [-0.2, -0.15) is 0 Å². The maximum Gasteiger partial charge on any atom is 0.161 e. The zero-order valence-corrected chi connectivity index (χ0v) is 6.95. The molecule has 0 fully saturated rings. The lowest BCUT2D eigenvalue weighted by molar-refractivity contribution is -0.111. The van der Waals surface area contributed by atoms with Crippen molar-refractivity contribution in [2.24, 2.45) is 5.73 Å². The summed E-state index contributed by atoms with van der Waals surface area (Å²) in [6, 6.07) is 9.38. The molecule has 0 saturated heterocycles. The van der Waals surface area contributed by atoms with Gasteiger partial charge in [0.05, 0.1) is 0 Å². The molecule has 0 aliphatic rings. The van der Waals surface area contributed by atoms with Crippen LogP contribution in [0.1, 0.15) is 12.5 Å². The number of Topliss-reactive ketones (excluding diaryl/α,β-unsaturated/α-hetero) is 1. The minimum Gasteiger partial charge on any atom is -0.404 e. The Bertz CT molecular complexity index is 301. The first-order chi connectivity index (χ1) is 5.75. The number of allylic oxidation sites excluding steroid dienone is 1. The normalized spacial score (nSPS) is 11.2. The zero-order valence-electron chi connectivity index (χ0n) is 6.95. The van der Waals surface area contributed by atoms with Crippen molar-refractivity contribution in [1.82, 2.24) is 0 Å². The Morgan fingerprint density at radius 2 is 1.92 bits per heavy atom. The fraction of sp³-hybridized carbons (Fsp3) is 0.100. The highest BCUT2D eigenvalue weighted by atomic mass is 16.1. The van der Waals surface area contributed by atoms with Gasteiger partial charge in [-0.1, -0.05) is 30.3 Å². The number of benzene rings is 1. The lowest BCUT2D eigenvalue weighted by atomic mass is 10.0. The number of carbonyl (C=O) groups is 1. The van der Waals surface area contributed by atoms with Crippen LogP contribution < -0.4 is 5.73 Å². The predicted molar refractivity (Wildman–Crippen MR) is 49.3 cm³/mol. The van der Waals surface area contributed by atoms with E-state index < -0.39 is 0 Å². The van der Waals surface area contributed by atoms with Crippen LogP contribution in [0.15, 0.2) is 36.5 Å². The molecule has 0 heterocycles. The van der Waals surface area contributed by atoms with Crippen LogP contribution in [0.2, 0.25) is 0 Å². The first kappa shape index (κ1) is 8.53. The SMILES string of the molecule is CC(=O)/C(=C\N)c1ccccc1. The van der Waals surface area contributed by atoms with E-state index in [-0.39, 0.29) is 5.78 Å². The number of hydrogen-bond acceptors (Lipinski definition) is 2. The summed E-state index contributed by atoms with van der Waals surface area (Å²) in [5, 5.41) is 0. The molecule has 0 atom stereocenters. The number of ketones is 1. The molecule has 2 nitrogen and oxygen atoms in total. The molecule has 1 rings (SSSR count). The molecule has 2 N–H and O–H groups in total. The Morgan fingerprint density at radius 1 is 1.33 bits per heavy atom. The maximum atomic E-state index is 11.0. The van der Waals surface area contributed by atoms with Gasteiger partial charge in [-0.3, -0.25) is 4.79 Å². The summed E-state index contributed by atoms with van der Waals surface area (Å²) in [5.41, 5.74) is 6.76. The van der Waals surface area contributed by atoms with Gasteiger partial charge in [-0.05, 0) is 12.5 Å². The molecule has 2 heteroatoms. The Balaban J connectivity index is 3.05. The van der Waals surface area contributed by atoms with Gasteiger partial charge >= 0.3 is 0 Å². The van der Waals surface area contributed by atoms with Crippen LogP contribution in [0, 0.1) is 0 Å². The molecule has 0 spiro atoms. The largest absolute Gasteiger partial charge is 0.404 e. The minimum absolute atomic E-state index is 0.0105. The van der Waals surface area contributed by atoms with Crippen molar-refractivity contribution in [1.29, 1.82) is 0 Å². The summed E-state index contributed by atoms with van der Waals surface area (Å²) in [6.07, 6.45) is 1.34. The molecule has 0 aromatic heterocycles. The van der Waals surface area contributed by atoms with Crippen molar-refractivity contribution in [2.45, 2.75) is 6.92 Å². The van der Waals surface area contributed by atoms with E-state index in [2.05, 4.69) is 0 Å². The fourth-order valence-electron chi connectivity index (χ4n) is 1.03. The summed E-state index contributed by atoms with van der Waals surface area (Å²) < 4.78 is 0. The number of nitrogens with two attached hydrogens (primary N) is 1. The van der Waals surface area contributed by atoms with Crippen molar-refractivity contribution in [3.8, 4) is 0 Å². The molecule has 0 bridgehead atoms. The molecule has 0 unspecified atom stereocenters. The topological polar surface area (TPSA) is 43.1 Å². The monoisotopic (exact) mass is 161 g/mol. The van der Waals surface area contributed by atoms with Gasteiger partial charge in [0.1, 0.15) is 0 Å². The molecule has 1 aromatic rings. The minimum atomic E-state index is -0.0105. The van der Waals surface area contributed by atoms with E-state index in [1.165, 1.54) is 13.1 Å². The smallest absolute Gasteiger partial charge is 0.161 e. The average Bonchev–Trinajstić information content (AvgIpc) is 2.07. The van der Waals surface area contributed by atoms with Gasteiger partial charge in [0, 0.05) is 11.8 Å². The molecular formula is C10H11NO. The van der Waals surface area contributed by atoms with Crippen LogP contribution in [-0.2, 0) is 4.79 Å². The van der Waals surface area contributed by atoms with Crippen molar-refractivity contribution in [3.05, 3.63) is 42.1 Å². The summed E-state index contributed by atoms with van der Waals surface area (Å²) in [5.74, 6) is -0.0105. The second-order valence-electron chi connectivity index (χ2n) is 2.50. The third kappa shape index (κ3) is 1.72. The molecule has 0 aliphatic heterocycles. The summed E-state index contributed by atoms with van der Waals surface area (Å²) in [4.78, 5) is 11.0. The second kappa shape index (κ2) is 3.72. The second-order valence-corrected chi connectivity index (χ2v) is 2.50. The van der Waals surface area contributed by atoms with E-state index in [0.29, 0.717) is 5.57 Å². The standard InChI is InChI=1S/C10H11NO/c1-8(12)10(7-11)9-5-3-2-4-6-9/h2-7H,11H2,1H3/b10-7+. The van der Waals surface area contributed by atoms with Crippen LogP contribution in [0.5, 0.6) is 0 Å². The molecule has 0 saturated carbocycles. The van der Waals surface area contributed by atoms with Crippen molar-refractivity contribution in [3.63, 3.8) is 0 Å². The molecule has 0 radical (unpaired) electrons. The van der Waals surface area contributed by atoms with Gasteiger partial charge in [-0.25, -0.2) is 0 Å². The summed E-state index contributed by atoms with van der Waals surface area (Å²) in [6.45, 7) is 1.51. The highest BCUT2D eigenvalue weighted by molar-refractivity contribution is 6.19. The van der Waals surface area contributed by atoms with E-state index >= 15 is 0 Å². The van der Waals surface area contributed by atoms with Crippen LogP contribution in [0.25, 0.3) is 5.57 Å². The number of rotatable bonds is 2. The molecule has 62 valence electrons. The molecule has 1 aromatic carbocycles. The lowest BCUT2D eigenvalue weighted by Gasteiger charge is -2.00. The number of hydrogen-bond donors (Lipinski definition) is 1. The summed E-state index contributed by atoms with van der Waals surface area (Å²) in [7, 11) is 0. The van der Waals surface area contributed by atoms with E-state index in [1.54, 1.807) is 0 Å². The fourth-order valence-corrected chi connectivity index (χ4v) is 1.03. The highest BCUT2D eigenvalue weighted by Gasteiger charge is 2.04. The lowest BCUT2D eigenvalue weighted by Crippen LogP contribution is -1.98. The van der Waals surface area contributed by atoms with Crippen molar-refractivity contribution >= 4 is 11.4 Å². The Kier molecular flexibility index (Phi) is 2.64. The van der Waals surface area contributed by atoms with Crippen LogP contribution >= 0.6 is 0 Å². The van der Waals surface area contributed by atoms with Crippen LogP contribution in [0.4, 0.5) is 0 Å². The Morgan fingerprint density at radius 3 is 2.33 bits per heavy atom. The van der Waals surface area contributed by atoms with Gasteiger partial charge in [0.25, 0.3) is 0 Å². The van der Waals surface area contributed by atoms with Crippen molar-refractivity contribution < 1.29 is 4.79 Å². The quantitative estimate of drug-likeness (QED) is 0.669. The predicted octanol–water partition coefficient (Wildman–Crippen LogP) is 1.58. The first-order valence-corrected chi connectivity index (χ1v) is 3.74. The van der Waals surface area contributed by atoms with Gasteiger partial charge in [0.2, 0.25) is 0 Å². The summed E-state index contributed by atoms with van der Waals surface area (Å²) >= 11 is 0. The van der Waals surface area contributed by atoms with E-state index in [0.717, 1.165) is 5.56 Å². The highest BCUT2D eigenvalue weighted by Crippen LogP contribution is 2.12. The Labute approximate surface area is 71.7 Å². The van der Waals surface area contributed by atoms with Crippen molar-refractivity contribution in [2.75, 3.05) is 0 Å². The van der Waals surface area contributed by atoms with Gasteiger partial charge in [-0.15, -0.1) is 0 Å². The van der Waals surface area contributed by atoms with Gasteiger partial charge in [0.15, 0.2) is 5.78 Å². The third-order valence-corrected chi connectivity index (χ3v) is 1.63. The number of carbonyl (C=O) groups excluding carboxylic acids is 1. The van der Waals surface area contributed by atoms with E-state index in [4.69, 9.17) is 5.73 Å². The molecule has 0 aliphatic carbocycles. The molecule has 12 heavy (non-hydrogen) atoms. The maximum absolute atomic E-state index is 11.0. The first-order valence-electron chi connectivity index (χ1n) is 3.74. The van der Waals surface area contributed by atoms with Crippen LogP contribution in [-0.4, -0.2) is 5.78 Å². The Hall–Kier alpha value is -1.57. The van der Waals surface area contributed by atoms with Gasteiger partial charge < -0.3 is 5.73 Å². The van der Waals surface area contributed by atoms with E-state index in [1.807, 2.05) is 30.3 Å². The molecular weight excluding hydrogens is 150 g/mol. The van der Waals surface area contributed by atoms with E-state index in [9.17, 15) is 4.79 Å². The molecule has 0 amide bonds.